The van der Waals surface area contributed by atoms with Gasteiger partial charge >= 0.3 is 5.97 Å². The van der Waals surface area contributed by atoms with Gasteiger partial charge in [-0.2, -0.15) is 0 Å². The normalized spacial score (nSPS) is 9.69. The van der Waals surface area contributed by atoms with Crippen LogP contribution in [-0.4, -0.2) is 31.1 Å². The molecule has 5 nitrogen and oxygen atoms in total. The lowest BCUT2D eigenvalue weighted by Gasteiger charge is -2.11. The van der Waals surface area contributed by atoms with Crippen molar-refractivity contribution in [2.24, 2.45) is 0 Å². The number of hydrogen-bond donors (Lipinski definition) is 1. The number of carboxylic acids is 1. The van der Waals surface area contributed by atoms with Gasteiger partial charge in [-0.1, -0.05) is 0 Å². The van der Waals surface area contributed by atoms with Crippen LogP contribution in [0.2, 0.25) is 0 Å². The Kier molecular flexibility index (Phi) is 3.89. The molecule has 16 heavy (non-hydrogen) atoms. The summed E-state index contributed by atoms with van der Waals surface area (Å²) >= 11 is 3.11. The van der Waals surface area contributed by atoms with Crippen LogP contribution in [0.5, 0.6) is 11.5 Å². The predicted molar refractivity (Wildman–Crippen MR) is 59.2 cm³/mol. The van der Waals surface area contributed by atoms with Crippen molar-refractivity contribution >= 4 is 27.7 Å². The molecule has 0 fully saturated rings. The highest BCUT2D eigenvalue weighted by molar-refractivity contribution is 9.10. The van der Waals surface area contributed by atoms with Gasteiger partial charge in [-0.3, -0.25) is 4.79 Å². The molecule has 86 valence electrons. The monoisotopic (exact) mass is 288 g/mol. The zero-order valence-corrected chi connectivity index (χ0v) is 10.2. The number of methoxy groups -OCH3 is 2. The Labute approximate surface area is 100 Å². The third-order valence-electron chi connectivity index (χ3n) is 1.92. The first-order valence-corrected chi connectivity index (χ1v) is 5.00. The summed E-state index contributed by atoms with van der Waals surface area (Å²) in [6, 6.07) is 2.83. The molecule has 0 aliphatic heterocycles. The molecule has 1 aromatic rings. The van der Waals surface area contributed by atoms with Crippen LogP contribution < -0.4 is 9.47 Å². The number of ether oxygens (including phenoxy) is 2. The zero-order valence-electron chi connectivity index (χ0n) is 8.61. The van der Waals surface area contributed by atoms with Gasteiger partial charge in [-0.25, -0.2) is 4.79 Å². The number of Topliss-reactive ketones (excluding diaryl/α,β-unsaturated/α-hetero) is 1. The molecule has 0 saturated heterocycles. The van der Waals surface area contributed by atoms with E-state index in [1.54, 1.807) is 0 Å². The Bertz CT molecular complexity index is 441. The highest BCUT2D eigenvalue weighted by Crippen LogP contribution is 2.37. The van der Waals surface area contributed by atoms with Crippen LogP contribution in [0, 0.1) is 0 Å². The van der Waals surface area contributed by atoms with E-state index in [2.05, 4.69) is 15.9 Å². The van der Waals surface area contributed by atoms with E-state index in [9.17, 15) is 9.59 Å². The molecular weight excluding hydrogens is 280 g/mol. The first kappa shape index (κ1) is 12.5. The van der Waals surface area contributed by atoms with Crippen LogP contribution in [0.4, 0.5) is 0 Å². The summed E-state index contributed by atoms with van der Waals surface area (Å²) in [7, 11) is 2.85. The fraction of sp³-hybridized carbons (Fsp3) is 0.200. The number of carboxylic acid groups (broad SMARTS) is 1. The third kappa shape index (κ3) is 2.16. The van der Waals surface area contributed by atoms with Crippen molar-refractivity contribution in [3.63, 3.8) is 0 Å². The largest absolute Gasteiger partial charge is 0.493 e. The van der Waals surface area contributed by atoms with Crippen molar-refractivity contribution in [1.29, 1.82) is 0 Å². The maximum absolute atomic E-state index is 11.3. The molecule has 0 heterocycles. The van der Waals surface area contributed by atoms with Crippen molar-refractivity contribution in [2.75, 3.05) is 14.2 Å². The second-order valence-corrected chi connectivity index (χ2v) is 3.59. The standard InChI is InChI=1S/C10H9BrO5/c1-15-6-4-3-5(8(12)10(13)14)7(11)9(6)16-2/h3-4H,1-2H3,(H,13,14). The Morgan fingerprint density at radius 1 is 1.25 bits per heavy atom. The zero-order chi connectivity index (χ0) is 12.3. The van der Waals surface area contributed by atoms with Gasteiger partial charge in [0.15, 0.2) is 11.5 Å². The van der Waals surface area contributed by atoms with E-state index >= 15 is 0 Å². The molecule has 0 saturated carbocycles. The van der Waals surface area contributed by atoms with E-state index in [-0.39, 0.29) is 15.8 Å². The van der Waals surface area contributed by atoms with Crippen molar-refractivity contribution in [3.05, 3.63) is 22.2 Å². The van der Waals surface area contributed by atoms with Gasteiger partial charge in [0.2, 0.25) is 0 Å². The molecule has 1 aromatic carbocycles. The van der Waals surface area contributed by atoms with Crippen LogP contribution in [0.1, 0.15) is 10.4 Å². The van der Waals surface area contributed by atoms with E-state index in [1.165, 1.54) is 26.4 Å². The smallest absolute Gasteiger partial charge is 0.377 e. The van der Waals surface area contributed by atoms with Crippen LogP contribution in [-0.2, 0) is 4.79 Å². The summed E-state index contributed by atoms with van der Waals surface area (Å²) in [5.74, 6) is -1.83. The fourth-order valence-corrected chi connectivity index (χ4v) is 1.85. The number of ketones is 1. The van der Waals surface area contributed by atoms with Gasteiger partial charge in [-0.05, 0) is 28.1 Å². The molecule has 0 aliphatic rings. The maximum atomic E-state index is 11.3. The van der Waals surface area contributed by atoms with Crippen LogP contribution in [0.25, 0.3) is 0 Å². The summed E-state index contributed by atoms with van der Waals surface area (Å²) in [5, 5.41) is 8.61. The maximum Gasteiger partial charge on any atom is 0.377 e. The third-order valence-corrected chi connectivity index (χ3v) is 2.71. The fourth-order valence-electron chi connectivity index (χ4n) is 1.18. The molecule has 6 heteroatoms. The minimum absolute atomic E-state index is 0.0187. The van der Waals surface area contributed by atoms with Gasteiger partial charge in [-0.15, -0.1) is 0 Å². The van der Waals surface area contributed by atoms with E-state index in [0.29, 0.717) is 5.75 Å². The summed E-state index contributed by atoms with van der Waals surface area (Å²) in [4.78, 5) is 21.9. The van der Waals surface area contributed by atoms with E-state index in [1.807, 2.05) is 0 Å². The van der Waals surface area contributed by atoms with E-state index in [0.717, 1.165) is 0 Å². The Balaban J connectivity index is 3.34. The molecule has 0 atom stereocenters. The molecular formula is C10H9BrO5. The minimum Gasteiger partial charge on any atom is -0.493 e. The van der Waals surface area contributed by atoms with Gasteiger partial charge in [0, 0.05) is 5.56 Å². The van der Waals surface area contributed by atoms with Crippen molar-refractivity contribution < 1.29 is 24.2 Å². The first-order valence-electron chi connectivity index (χ1n) is 4.21. The highest BCUT2D eigenvalue weighted by atomic mass is 79.9. The van der Waals surface area contributed by atoms with Gasteiger partial charge in [0.05, 0.1) is 18.7 Å². The average Bonchev–Trinajstić information content (AvgIpc) is 2.27. The van der Waals surface area contributed by atoms with Gasteiger partial charge in [0.25, 0.3) is 5.78 Å². The van der Waals surface area contributed by atoms with Crippen molar-refractivity contribution in [2.45, 2.75) is 0 Å². The lowest BCUT2D eigenvalue weighted by atomic mass is 10.1. The number of carbonyl (C=O) groups excluding carboxylic acids is 1. The second-order valence-electron chi connectivity index (χ2n) is 2.80. The number of halogens is 1. The Morgan fingerprint density at radius 2 is 1.88 bits per heavy atom. The molecule has 0 aliphatic carbocycles. The van der Waals surface area contributed by atoms with Crippen LogP contribution in [0.3, 0.4) is 0 Å². The summed E-state index contributed by atoms with van der Waals surface area (Å²) < 4.78 is 10.3. The lowest BCUT2D eigenvalue weighted by molar-refractivity contribution is -0.131. The molecule has 1 N–H and O–H groups in total. The van der Waals surface area contributed by atoms with Crippen LogP contribution in [0.15, 0.2) is 16.6 Å². The first-order chi connectivity index (χ1) is 7.52. The molecule has 0 unspecified atom stereocenters. The summed E-state index contributed by atoms with van der Waals surface area (Å²) in [6.07, 6.45) is 0. The van der Waals surface area contributed by atoms with Gasteiger partial charge in [0.1, 0.15) is 0 Å². The molecule has 0 bridgehead atoms. The predicted octanol–water partition coefficient (Wildman–Crippen LogP) is 1.73. The Hall–Kier alpha value is -1.56. The molecule has 0 spiro atoms. The molecule has 1 rings (SSSR count). The number of aliphatic carboxylic acids is 1. The minimum atomic E-state index is -1.52. The van der Waals surface area contributed by atoms with E-state index in [4.69, 9.17) is 14.6 Å². The molecule has 0 amide bonds. The average molecular weight is 289 g/mol. The quantitative estimate of drug-likeness (QED) is 0.675. The van der Waals surface area contributed by atoms with Crippen molar-refractivity contribution in [1.82, 2.24) is 0 Å². The molecule has 0 radical (unpaired) electrons. The van der Waals surface area contributed by atoms with Crippen LogP contribution >= 0.6 is 15.9 Å². The van der Waals surface area contributed by atoms with Gasteiger partial charge < -0.3 is 14.6 Å². The topological polar surface area (TPSA) is 72.8 Å². The summed E-state index contributed by atoms with van der Waals surface area (Å²) in [5.41, 5.74) is 0.0187. The van der Waals surface area contributed by atoms with E-state index < -0.39 is 11.8 Å². The highest BCUT2D eigenvalue weighted by Gasteiger charge is 2.22. The van der Waals surface area contributed by atoms with Crippen molar-refractivity contribution in [3.8, 4) is 11.5 Å². The number of hydrogen-bond acceptors (Lipinski definition) is 4. The number of benzene rings is 1. The number of carbonyl (C=O) groups is 2. The second kappa shape index (κ2) is 4.98. The Morgan fingerprint density at radius 3 is 2.31 bits per heavy atom. The number of rotatable bonds is 4. The summed E-state index contributed by atoms with van der Waals surface area (Å²) in [6.45, 7) is 0. The lowest BCUT2D eigenvalue weighted by Crippen LogP contribution is -2.13. The molecule has 0 aromatic heterocycles. The SMILES string of the molecule is COc1ccc(C(=O)C(=O)O)c(Br)c1OC.